The van der Waals surface area contributed by atoms with Crippen LogP contribution in [0.1, 0.15) is 22.5 Å². The van der Waals surface area contributed by atoms with Gasteiger partial charge in [0.2, 0.25) is 0 Å². The third-order valence-corrected chi connectivity index (χ3v) is 6.73. The molecule has 4 aromatic rings. The minimum atomic E-state index is -1.09. The summed E-state index contributed by atoms with van der Waals surface area (Å²) < 4.78 is 0. The summed E-state index contributed by atoms with van der Waals surface area (Å²) in [6, 6.07) is 19.1. The number of carboxylic acid groups (broad SMARTS) is 2. The Labute approximate surface area is 215 Å². The molecule has 0 aliphatic carbocycles. The van der Waals surface area contributed by atoms with Gasteiger partial charge in [0, 0.05) is 10.8 Å². The minimum Gasteiger partial charge on any atom is -0.478 e. The zero-order chi connectivity index (χ0) is 25.3. The molecule has 6 nitrogen and oxygen atoms in total. The van der Waals surface area contributed by atoms with Crippen LogP contribution in [-0.2, 0) is 9.59 Å². The number of carboxylic acids is 2. The van der Waals surface area contributed by atoms with Crippen LogP contribution >= 0.6 is 22.7 Å². The highest BCUT2D eigenvalue weighted by molar-refractivity contribution is 7.19. The molecule has 0 fully saturated rings. The van der Waals surface area contributed by atoms with Gasteiger partial charge >= 0.3 is 11.9 Å². The lowest BCUT2D eigenvalue weighted by molar-refractivity contribution is -0.131. The van der Waals surface area contributed by atoms with Crippen molar-refractivity contribution >= 4 is 57.9 Å². The molecule has 2 N–H and O–H groups in total. The van der Waals surface area contributed by atoms with Crippen LogP contribution in [0.3, 0.4) is 0 Å². The summed E-state index contributed by atoms with van der Waals surface area (Å²) in [7, 11) is 0. The first kappa shape index (κ1) is 24.7. The van der Waals surface area contributed by atoms with Crippen molar-refractivity contribution in [3.8, 4) is 10.0 Å². The Morgan fingerprint density at radius 1 is 0.639 bits per heavy atom. The van der Waals surface area contributed by atoms with Crippen LogP contribution in [-0.4, -0.2) is 32.1 Å². The third-order valence-electron chi connectivity index (χ3n) is 4.91. The van der Waals surface area contributed by atoms with Gasteiger partial charge in [-0.3, -0.25) is 0 Å². The standard InChI is InChI=1S/C28H20N2O4S2/c31-27(32)21(15-7-13-19-9-3-1-4-10-19)23-17-35-25(29-23)26-30-24(18-36-26)22(28(33)34)16-8-14-20-11-5-2-6-12-20/h1-18H,(H,31,32)(H,33,34)/b13-7-,14-8+,21-15+,22-16+. The van der Waals surface area contributed by atoms with E-state index in [0.717, 1.165) is 11.1 Å². The molecule has 2 aromatic heterocycles. The second-order valence-electron chi connectivity index (χ2n) is 7.39. The molecule has 0 saturated heterocycles. The highest BCUT2D eigenvalue weighted by Crippen LogP contribution is 2.31. The lowest BCUT2D eigenvalue weighted by atomic mass is 10.1. The first-order chi connectivity index (χ1) is 17.5. The van der Waals surface area contributed by atoms with E-state index in [1.165, 1.54) is 34.8 Å². The van der Waals surface area contributed by atoms with Crippen molar-refractivity contribution < 1.29 is 19.8 Å². The van der Waals surface area contributed by atoms with Crippen molar-refractivity contribution in [2.75, 3.05) is 0 Å². The molecular weight excluding hydrogens is 492 g/mol. The number of allylic oxidation sites excluding steroid dienone is 4. The van der Waals surface area contributed by atoms with Gasteiger partial charge in [-0.15, -0.1) is 22.7 Å². The van der Waals surface area contributed by atoms with Gasteiger partial charge in [0.15, 0.2) is 10.0 Å². The first-order valence-electron chi connectivity index (χ1n) is 10.8. The maximum absolute atomic E-state index is 11.8. The third kappa shape index (κ3) is 6.38. The number of rotatable bonds is 9. The van der Waals surface area contributed by atoms with Crippen molar-refractivity contribution in [1.82, 2.24) is 9.97 Å². The number of aliphatic carboxylic acids is 2. The van der Waals surface area contributed by atoms with E-state index in [1.54, 1.807) is 22.9 Å². The first-order valence-corrected chi connectivity index (χ1v) is 12.5. The Balaban J connectivity index is 1.55. The summed E-state index contributed by atoms with van der Waals surface area (Å²) in [4.78, 5) is 32.6. The molecule has 0 saturated carbocycles. The lowest BCUT2D eigenvalue weighted by Gasteiger charge is -1.97. The van der Waals surface area contributed by atoms with Crippen LogP contribution in [0.25, 0.3) is 33.3 Å². The van der Waals surface area contributed by atoms with E-state index in [1.807, 2.05) is 72.8 Å². The Morgan fingerprint density at radius 2 is 1.03 bits per heavy atom. The molecule has 8 heteroatoms. The van der Waals surface area contributed by atoms with Crippen molar-refractivity contribution in [1.29, 1.82) is 0 Å². The summed E-state index contributed by atoms with van der Waals surface area (Å²) in [6.45, 7) is 0. The van der Waals surface area contributed by atoms with Crippen LogP contribution in [0.4, 0.5) is 0 Å². The Bertz CT molecular complexity index is 1370. The molecule has 2 aromatic carbocycles. The van der Waals surface area contributed by atoms with E-state index in [9.17, 15) is 19.8 Å². The normalized spacial score (nSPS) is 12.4. The van der Waals surface area contributed by atoms with E-state index in [-0.39, 0.29) is 11.1 Å². The molecule has 2 heterocycles. The maximum atomic E-state index is 11.8. The minimum absolute atomic E-state index is 0.0543. The smallest absolute Gasteiger partial charge is 0.337 e. The quantitative estimate of drug-likeness (QED) is 0.193. The molecule has 0 radical (unpaired) electrons. The van der Waals surface area contributed by atoms with Crippen molar-refractivity contribution in [3.05, 3.63) is 118 Å². The van der Waals surface area contributed by atoms with E-state index in [2.05, 4.69) is 9.97 Å². The average Bonchev–Trinajstić information content (AvgIpc) is 3.55. The van der Waals surface area contributed by atoms with Crippen LogP contribution in [0.2, 0.25) is 0 Å². The number of benzene rings is 2. The Morgan fingerprint density at radius 3 is 1.39 bits per heavy atom. The summed E-state index contributed by atoms with van der Waals surface area (Å²) >= 11 is 2.51. The van der Waals surface area contributed by atoms with Gasteiger partial charge in [0.1, 0.15) is 0 Å². The molecule has 178 valence electrons. The molecule has 0 aliphatic heterocycles. The topological polar surface area (TPSA) is 100 Å². The second-order valence-corrected chi connectivity index (χ2v) is 9.10. The van der Waals surface area contributed by atoms with E-state index < -0.39 is 11.9 Å². The van der Waals surface area contributed by atoms with E-state index in [0.29, 0.717) is 21.4 Å². The largest absolute Gasteiger partial charge is 0.478 e. The zero-order valence-electron chi connectivity index (χ0n) is 18.8. The molecule has 0 spiro atoms. The number of hydrogen-bond donors (Lipinski definition) is 2. The summed E-state index contributed by atoms with van der Waals surface area (Å²) in [5, 5.41) is 23.7. The predicted molar refractivity (Wildman–Crippen MR) is 145 cm³/mol. The fraction of sp³-hybridized carbons (Fsp3) is 0. The van der Waals surface area contributed by atoms with Gasteiger partial charge in [-0.2, -0.15) is 0 Å². The number of nitrogens with zero attached hydrogens (tertiary/aromatic N) is 2. The Kier molecular flexibility index (Phi) is 8.12. The van der Waals surface area contributed by atoms with Crippen molar-refractivity contribution in [3.63, 3.8) is 0 Å². The average molecular weight is 513 g/mol. The van der Waals surface area contributed by atoms with Gasteiger partial charge in [0.05, 0.1) is 22.5 Å². The van der Waals surface area contributed by atoms with Gasteiger partial charge < -0.3 is 10.2 Å². The summed E-state index contributed by atoms with van der Waals surface area (Å²) in [5.41, 5.74) is 2.65. The molecule has 4 rings (SSSR count). The molecule has 0 aliphatic rings. The van der Waals surface area contributed by atoms with E-state index in [4.69, 9.17) is 0 Å². The van der Waals surface area contributed by atoms with Gasteiger partial charge in [-0.25, -0.2) is 19.6 Å². The second kappa shape index (κ2) is 11.8. The zero-order valence-corrected chi connectivity index (χ0v) is 20.4. The maximum Gasteiger partial charge on any atom is 0.337 e. The van der Waals surface area contributed by atoms with Crippen molar-refractivity contribution in [2.24, 2.45) is 0 Å². The molecule has 0 bridgehead atoms. The molecular formula is C28H20N2O4S2. The van der Waals surface area contributed by atoms with Crippen LogP contribution in [0.15, 0.2) is 95.7 Å². The lowest BCUT2D eigenvalue weighted by Crippen LogP contribution is -2.00. The monoisotopic (exact) mass is 512 g/mol. The summed E-state index contributed by atoms with van der Waals surface area (Å²) in [6.07, 6.45) is 9.99. The Hall–Kier alpha value is -4.40. The number of carbonyl (C=O) groups is 2. The van der Waals surface area contributed by atoms with Gasteiger partial charge in [0.25, 0.3) is 0 Å². The molecule has 0 atom stereocenters. The number of hydrogen-bond acceptors (Lipinski definition) is 6. The van der Waals surface area contributed by atoms with Crippen LogP contribution < -0.4 is 0 Å². The van der Waals surface area contributed by atoms with Gasteiger partial charge in [-0.1, -0.05) is 85.0 Å². The fourth-order valence-electron chi connectivity index (χ4n) is 3.16. The molecule has 36 heavy (non-hydrogen) atoms. The predicted octanol–water partition coefficient (Wildman–Crippen LogP) is 6.63. The van der Waals surface area contributed by atoms with Crippen LogP contribution in [0.5, 0.6) is 0 Å². The highest BCUT2D eigenvalue weighted by atomic mass is 32.1. The fourth-order valence-corrected chi connectivity index (χ4v) is 4.85. The molecule has 0 amide bonds. The highest BCUT2D eigenvalue weighted by Gasteiger charge is 2.18. The van der Waals surface area contributed by atoms with E-state index >= 15 is 0 Å². The van der Waals surface area contributed by atoms with Crippen molar-refractivity contribution in [2.45, 2.75) is 0 Å². The number of thiazole rings is 2. The van der Waals surface area contributed by atoms with Gasteiger partial charge in [-0.05, 0) is 23.3 Å². The van der Waals surface area contributed by atoms with Crippen LogP contribution in [0, 0.1) is 0 Å². The summed E-state index contributed by atoms with van der Waals surface area (Å²) in [5.74, 6) is -2.18. The molecule has 0 unspecified atom stereocenters. The SMILES string of the molecule is O=C(O)/C(=C/C=C\c1ccccc1)c1csc(-c2nc(/C(=C\C=C\c3ccccc3)C(=O)O)cs2)n1. The number of aromatic nitrogens is 2.